The van der Waals surface area contributed by atoms with Crippen LogP contribution in [0.25, 0.3) is 0 Å². The Hall–Kier alpha value is -2.95. The number of thiol groups is 1. The minimum Gasteiger partial charge on any atom is -0.299 e. The molecule has 7 nitrogen and oxygen atoms in total. The van der Waals surface area contributed by atoms with Gasteiger partial charge in [0.2, 0.25) is 0 Å². The topological polar surface area (TPSA) is 114 Å². The predicted octanol–water partition coefficient (Wildman–Crippen LogP) is 3.62. The summed E-state index contributed by atoms with van der Waals surface area (Å²) in [6.07, 6.45) is 0. The van der Waals surface area contributed by atoms with Gasteiger partial charge in [-0.2, -0.15) is 0 Å². The maximum Gasteiger partial charge on any atom is 0.260 e. The van der Waals surface area contributed by atoms with Gasteiger partial charge in [-0.1, -0.05) is 60.3 Å². The molecule has 0 aliphatic rings. The summed E-state index contributed by atoms with van der Waals surface area (Å²) in [7, 11) is -7.95. The van der Waals surface area contributed by atoms with Crippen molar-refractivity contribution < 1.29 is 26.4 Å². The molecule has 0 aliphatic carbocycles. The van der Waals surface area contributed by atoms with Gasteiger partial charge in [0.05, 0.1) is 27.2 Å². The van der Waals surface area contributed by atoms with E-state index in [1.54, 1.807) is 24.3 Å². The summed E-state index contributed by atoms with van der Waals surface area (Å²) >= 11 is 3.70. The van der Waals surface area contributed by atoms with Crippen LogP contribution in [0.5, 0.6) is 0 Å². The lowest BCUT2D eigenvalue weighted by atomic mass is 9.99. The molecule has 0 aromatic heterocycles. The largest absolute Gasteiger partial charge is 0.299 e. The number of hydrogen-bond donors (Lipinski definition) is 2. The van der Waals surface area contributed by atoms with E-state index in [1.165, 1.54) is 48.5 Å². The summed E-state index contributed by atoms with van der Waals surface area (Å²) in [5.41, 5.74) is 2.07. The molecule has 0 unspecified atom stereocenters. The number of ketones is 1. The van der Waals surface area contributed by atoms with Crippen molar-refractivity contribution in [3.8, 4) is 0 Å². The highest BCUT2D eigenvalue weighted by Crippen LogP contribution is 2.23. The Morgan fingerprint density at radius 3 is 1.43 bits per heavy atom. The second-order valence-electron chi connectivity index (χ2n) is 8.27. The molecule has 0 bridgehead atoms. The first-order valence-corrected chi connectivity index (χ1v) is 14.4. The third-order valence-corrected chi connectivity index (χ3v) is 9.37. The van der Waals surface area contributed by atoms with Crippen LogP contribution in [-0.4, -0.2) is 40.0 Å². The van der Waals surface area contributed by atoms with Crippen molar-refractivity contribution in [2.24, 2.45) is 5.92 Å². The normalized spacial score (nSPS) is 11.9. The van der Waals surface area contributed by atoms with E-state index in [2.05, 4.69) is 17.5 Å². The summed E-state index contributed by atoms with van der Waals surface area (Å²) in [4.78, 5) is 25.1. The van der Waals surface area contributed by atoms with E-state index >= 15 is 0 Å². The summed E-state index contributed by atoms with van der Waals surface area (Å²) in [5.74, 6) is -3.85. The highest BCUT2D eigenvalue weighted by atomic mass is 32.2. The summed E-state index contributed by atoms with van der Waals surface area (Å²) in [6, 6.07) is 17.8. The Morgan fingerprint density at radius 1 is 0.686 bits per heavy atom. The lowest BCUT2D eigenvalue weighted by Crippen LogP contribution is -2.31. The highest BCUT2D eigenvalue weighted by molar-refractivity contribution is 7.92. The monoisotopic (exact) mass is 531 g/mol. The van der Waals surface area contributed by atoms with Crippen LogP contribution in [0.4, 0.5) is 0 Å². The minimum atomic E-state index is -3.98. The molecule has 0 saturated carbocycles. The van der Waals surface area contributed by atoms with Gasteiger partial charge in [-0.05, 0) is 50.2 Å². The number of nitrogens with one attached hydrogen (secondary N) is 1. The van der Waals surface area contributed by atoms with Crippen LogP contribution in [0.3, 0.4) is 0 Å². The molecule has 0 aliphatic heterocycles. The molecule has 0 fully saturated rings. The zero-order valence-electron chi connectivity index (χ0n) is 19.1. The van der Waals surface area contributed by atoms with Gasteiger partial charge < -0.3 is 0 Å². The van der Waals surface area contributed by atoms with Crippen molar-refractivity contribution in [3.05, 3.63) is 95.1 Å². The van der Waals surface area contributed by atoms with Crippen molar-refractivity contribution in [2.75, 3.05) is 11.5 Å². The van der Waals surface area contributed by atoms with Crippen molar-refractivity contribution in [1.29, 1.82) is 0 Å². The highest BCUT2D eigenvalue weighted by Gasteiger charge is 2.32. The SMILES string of the molecule is Cc1ccc(S(=O)(=O)CC(CS(=O)(=O)c2ccc(C)cc2)C(=O)c2ccc(C(=O)NS)cc2)cc1. The molecular formula is C25H25NO6S3. The van der Waals surface area contributed by atoms with Gasteiger partial charge in [-0.3, -0.25) is 14.3 Å². The molecule has 0 saturated heterocycles. The van der Waals surface area contributed by atoms with E-state index in [1.807, 2.05) is 13.8 Å². The predicted molar refractivity (Wildman–Crippen MR) is 137 cm³/mol. The van der Waals surface area contributed by atoms with Crippen LogP contribution in [0, 0.1) is 19.8 Å². The first kappa shape index (κ1) is 26.7. The quantitative estimate of drug-likeness (QED) is 0.322. The van der Waals surface area contributed by atoms with Crippen LogP contribution >= 0.6 is 12.8 Å². The van der Waals surface area contributed by atoms with E-state index in [-0.39, 0.29) is 20.9 Å². The Labute approximate surface area is 211 Å². The molecule has 0 spiro atoms. The third-order valence-electron chi connectivity index (χ3n) is 5.51. The zero-order chi connectivity index (χ0) is 25.8. The number of aryl methyl sites for hydroxylation is 2. The van der Waals surface area contributed by atoms with Crippen LogP contribution in [-0.2, 0) is 19.7 Å². The molecule has 3 aromatic carbocycles. The number of amides is 1. The van der Waals surface area contributed by atoms with Gasteiger partial charge >= 0.3 is 0 Å². The zero-order valence-corrected chi connectivity index (χ0v) is 21.7. The fraction of sp³-hybridized carbons (Fsp3) is 0.200. The first-order chi connectivity index (χ1) is 16.4. The molecule has 0 heterocycles. The minimum absolute atomic E-state index is 0.00873. The van der Waals surface area contributed by atoms with Crippen molar-refractivity contribution >= 4 is 44.2 Å². The molecule has 1 N–H and O–H groups in total. The standard InChI is InChI=1S/C25H25NO6S3/c1-17-3-11-22(12-4-17)34(29,30)15-21(16-35(31,32)23-13-5-18(2)6-14-23)24(27)19-7-9-20(10-8-19)25(28)26-33/h3-14,21,33H,15-16H2,1-2H3,(H,26,28). The molecule has 3 aromatic rings. The average Bonchev–Trinajstić information content (AvgIpc) is 2.83. The Balaban J connectivity index is 1.98. The van der Waals surface area contributed by atoms with E-state index in [4.69, 9.17) is 0 Å². The van der Waals surface area contributed by atoms with E-state index in [9.17, 15) is 26.4 Å². The molecule has 35 heavy (non-hydrogen) atoms. The number of Topliss-reactive ketones (excluding diaryl/α,β-unsaturated/α-hetero) is 1. The lowest BCUT2D eigenvalue weighted by Gasteiger charge is -2.17. The maximum absolute atomic E-state index is 13.4. The van der Waals surface area contributed by atoms with E-state index in [0.717, 1.165) is 11.1 Å². The number of carbonyl (C=O) groups is 2. The van der Waals surface area contributed by atoms with Crippen LogP contribution < -0.4 is 4.72 Å². The second kappa shape index (κ2) is 10.8. The Morgan fingerprint density at radius 2 is 1.06 bits per heavy atom. The van der Waals surface area contributed by atoms with Gasteiger partial charge in [0.1, 0.15) is 0 Å². The molecule has 0 atom stereocenters. The van der Waals surface area contributed by atoms with Gasteiger partial charge in [-0.25, -0.2) is 16.8 Å². The average molecular weight is 532 g/mol. The number of sulfone groups is 2. The number of carbonyl (C=O) groups excluding carboxylic acids is 2. The summed E-state index contributed by atoms with van der Waals surface area (Å²) < 4.78 is 54.7. The molecule has 1 amide bonds. The molecular weight excluding hydrogens is 506 g/mol. The fourth-order valence-electron chi connectivity index (χ4n) is 3.50. The van der Waals surface area contributed by atoms with E-state index < -0.39 is 48.8 Å². The van der Waals surface area contributed by atoms with Crippen LogP contribution in [0.1, 0.15) is 31.8 Å². The second-order valence-corrected chi connectivity index (χ2v) is 12.6. The molecule has 3 rings (SSSR count). The van der Waals surface area contributed by atoms with Crippen molar-refractivity contribution in [3.63, 3.8) is 0 Å². The summed E-state index contributed by atoms with van der Waals surface area (Å²) in [6.45, 7) is 3.63. The maximum atomic E-state index is 13.4. The van der Waals surface area contributed by atoms with Crippen molar-refractivity contribution in [2.45, 2.75) is 23.6 Å². The number of hydrogen-bond acceptors (Lipinski definition) is 7. The van der Waals surface area contributed by atoms with Crippen LogP contribution in [0.2, 0.25) is 0 Å². The number of rotatable bonds is 9. The fourth-order valence-corrected chi connectivity index (χ4v) is 6.86. The molecule has 10 heteroatoms. The third kappa shape index (κ3) is 6.59. The van der Waals surface area contributed by atoms with Gasteiger partial charge in [0.25, 0.3) is 5.91 Å². The lowest BCUT2D eigenvalue weighted by molar-refractivity contribution is 0.0939. The molecule has 184 valence electrons. The number of benzene rings is 3. The Bertz CT molecular complexity index is 1350. The first-order valence-electron chi connectivity index (χ1n) is 10.6. The van der Waals surface area contributed by atoms with Crippen LogP contribution in [0.15, 0.2) is 82.6 Å². The smallest absolute Gasteiger partial charge is 0.260 e. The van der Waals surface area contributed by atoms with Gasteiger partial charge in [0, 0.05) is 11.1 Å². The van der Waals surface area contributed by atoms with Gasteiger partial charge in [-0.15, -0.1) is 0 Å². The van der Waals surface area contributed by atoms with Gasteiger partial charge in [0.15, 0.2) is 25.5 Å². The van der Waals surface area contributed by atoms with E-state index in [0.29, 0.717) is 0 Å². The van der Waals surface area contributed by atoms with Crippen molar-refractivity contribution in [1.82, 2.24) is 4.72 Å². The Kier molecular flexibility index (Phi) is 8.19. The summed E-state index contributed by atoms with van der Waals surface area (Å²) in [5, 5.41) is 0. The molecule has 0 radical (unpaired) electrons.